The summed E-state index contributed by atoms with van der Waals surface area (Å²) in [6, 6.07) is 15.2. The van der Waals surface area contributed by atoms with Crippen LogP contribution in [0, 0.1) is 0 Å². The number of β-amino-alcohol motifs (C(OH)–C–C–N with tert-alkyl or cyclic N) is 1. The van der Waals surface area contributed by atoms with Gasteiger partial charge in [-0.25, -0.2) is 0 Å². The Labute approximate surface area is 170 Å². The van der Waals surface area contributed by atoms with E-state index in [2.05, 4.69) is 4.90 Å². The minimum atomic E-state index is -0.279. The fraction of sp³-hybridized carbons (Fsp3) is 0.381. The summed E-state index contributed by atoms with van der Waals surface area (Å²) in [5, 5.41) is 10.8. The van der Waals surface area contributed by atoms with Crippen LogP contribution in [0.4, 0.5) is 0 Å². The van der Waals surface area contributed by atoms with Crippen molar-refractivity contribution in [1.82, 2.24) is 9.80 Å². The normalized spacial score (nSPS) is 18.4. The molecule has 1 aliphatic rings. The third-order valence-electron chi connectivity index (χ3n) is 5.06. The summed E-state index contributed by atoms with van der Waals surface area (Å²) in [6.45, 7) is 2.20. The van der Waals surface area contributed by atoms with Crippen LogP contribution in [0.3, 0.4) is 0 Å². The van der Waals surface area contributed by atoms with Crippen molar-refractivity contribution in [2.24, 2.45) is 0 Å². The van der Waals surface area contributed by atoms with Gasteiger partial charge in [0.25, 0.3) is 0 Å². The third kappa shape index (κ3) is 5.23. The van der Waals surface area contributed by atoms with Crippen LogP contribution in [0.15, 0.2) is 48.5 Å². The summed E-state index contributed by atoms with van der Waals surface area (Å²) in [7, 11) is 1.84. The molecule has 1 amide bonds. The van der Waals surface area contributed by atoms with Crippen molar-refractivity contribution in [1.29, 1.82) is 0 Å². The number of hydrogen-bond donors (Lipinski definition) is 1. The predicted molar refractivity (Wildman–Crippen MR) is 109 cm³/mol. The lowest BCUT2D eigenvalue weighted by molar-refractivity contribution is -0.131. The molecule has 1 saturated heterocycles. The quantitative estimate of drug-likeness (QED) is 0.792. The number of likely N-dealkylation sites (N-methyl/N-ethyl adjacent to an activating group) is 1. The van der Waals surface area contributed by atoms with E-state index in [1.165, 1.54) is 0 Å². The molecule has 2 atom stereocenters. The van der Waals surface area contributed by atoms with Crippen LogP contribution >= 0.6 is 23.2 Å². The van der Waals surface area contributed by atoms with Gasteiger partial charge in [0, 0.05) is 26.7 Å². The molecule has 0 spiro atoms. The number of aliphatic hydroxyl groups excluding tert-OH is 1. The van der Waals surface area contributed by atoms with E-state index in [0.29, 0.717) is 23.1 Å². The first-order valence-electron chi connectivity index (χ1n) is 9.09. The zero-order valence-electron chi connectivity index (χ0n) is 15.3. The van der Waals surface area contributed by atoms with Gasteiger partial charge in [-0.15, -0.1) is 0 Å². The van der Waals surface area contributed by atoms with Crippen LogP contribution in [0.25, 0.3) is 0 Å². The van der Waals surface area contributed by atoms with Crippen molar-refractivity contribution in [3.63, 3.8) is 0 Å². The first-order chi connectivity index (χ1) is 12.9. The molecule has 4 nitrogen and oxygen atoms in total. The van der Waals surface area contributed by atoms with Crippen LogP contribution < -0.4 is 0 Å². The number of carbonyl (C=O) groups excluding carboxylic acids is 1. The second-order valence-electron chi connectivity index (χ2n) is 7.06. The number of nitrogens with zero attached hydrogens (tertiary/aromatic N) is 2. The van der Waals surface area contributed by atoms with E-state index >= 15 is 0 Å². The number of likely N-dealkylation sites (tertiary alicyclic amines) is 1. The van der Waals surface area contributed by atoms with Gasteiger partial charge in [0.2, 0.25) is 5.91 Å². The molecule has 0 aromatic heterocycles. The number of carbonyl (C=O) groups is 1. The summed E-state index contributed by atoms with van der Waals surface area (Å²) in [4.78, 5) is 17.0. The Bertz CT molecular complexity index is 785. The number of rotatable bonds is 6. The summed E-state index contributed by atoms with van der Waals surface area (Å²) >= 11 is 12.0. The van der Waals surface area contributed by atoms with Gasteiger partial charge in [-0.1, -0.05) is 59.6 Å². The molecular formula is C21H24Cl2N2O2. The molecule has 1 heterocycles. The third-order valence-corrected chi connectivity index (χ3v) is 5.80. The molecule has 3 rings (SSSR count). The Balaban J connectivity index is 1.75. The minimum Gasteiger partial charge on any atom is -0.392 e. The predicted octanol–water partition coefficient (Wildman–Crippen LogP) is 3.80. The summed E-state index contributed by atoms with van der Waals surface area (Å²) < 4.78 is 0. The molecule has 0 unspecified atom stereocenters. The highest BCUT2D eigenvalue weighted by Gasteiger charge is 2.28. The number of aliphatic hydroxyl groups is 1. The van der Waals surface area contributed by atoms with Crippen molar-refractivity contribution in [3.05, 3.63) is 69.7 Å². The number of halogens is 2. The molecule has 2 aromatic carbocycles. The average molecular weight is 407 g/mol. The van der Waals surface area contributed by atoms with Crippen LogP contribution in [0.1, 0.15) is 23.6 Å². The highest BCUT2D eigenvalue weighted by molar-refractivity contribution is 6.42. The standard InChI is InChI=1S/C21H24Cl2N2O2/c1-24(21(27)12-15-7-8-18(22)19(23)11-15)20(16-5-3-2-4-6-16)14-25-10-9-17(26)13-25/h2-8,11,17,20,26H,9-10,12-14H2,1H3/t17-,20-/m1/s1. The SMILES string of the molecule is CN(C(=O)Cc1ccc(Cl)c(Cl)c1)[C@H](CN1CC[C@@H](O)C1)c1ccccc1. The number of hydrogen-bond acceptors (Lipinski definition) is 3. The van der Waals surface area contributed by atoms with Crippen molar-refractivity contribution >= 4 is 29.1 Å². The van der Waals surface area contributed by atoms with Crippen molar-refractivity contribution in [2.75, 3.05) is 26.7 Å². The van der Waals surface area contributed by atoms with Gasteiger partial charge in [-0.05, 0) is 29.7 Å². The monoisotopic (exact) mass is 406 g/mol. The molecule has 2 aromatic rings. The fourth-order valence-corrected chi connectivity index (χ4v) is 3.79. The van der Waals surface area contributed by atoms with E-state index in [0.717, 1.165) is 24.1 Å². The topological polar surface area (TPSA) is 43.8 Å². The molecule has 1 fully saturated rings. The molecule has 0 radical (unpaired) electrons. The van der Waals surface area contributed by atoms with E-state index in [1.807, 2.05) is 43.4 Å². The van der Waals surface area contributed by atoms with Crippen molar-refractivity contribution < 1.29 is 9.90 Å². The Morgan fingerprint density at radius 3 is 2.59 bits per heavy atom. The van der Waals surface area contributed by atoms with E-state index in [4.69, 9.17) is 23.2 Å². The van der Waals surface area contributed by atoms with Gasteiger partial charge < -0.3 is 10.0 Å². The van der Waals surface area contributed by atoms with Crippen LogP contribution in [0.2, 0.25) is 10.0 Å². The lowest BCUT2D eigenvalue weighted by Gasteiger charge is -2.32. The largest absolute Gasteiger partial charge is 0.392 e. The number of amides is 1. The van der Waals surface area contributed by atoms with E-state index in [1.54, 1.807) is 17.0 Å². The van der Waals surface area contributed by atoms with Gasteiger partial charge in [-0.3, -0.25) is 9.69 Å². The maximum Gasteiger partial charge on any atom is 0.227 e. The van der Waals surface area contributed by atoms with Gasteiger partial charge in [0.15, 0.2) is 0 Å². The first-order valence-corrected chi connectivity index (χ1v) is 9.84. The van der Waals surface area contributed by atoms with E-state index in [-0.39, 0.29) is 24.5 Å². The minimum absolute atomic E-state index is 0.0157. The zero-order valence-corrected chi connectivity index (χ0v) is 16.8. The molecule has 1 aliphatic heterocycles. The first kappa shape index (κ1) is 20.2. The smallest absolute Gasteiger partial charge is 0.227 e. The Morgan fingerprint density at radius 2 is 1.96 bits per heavy atom. The molecule has 27 heavy (non-hydrogen) atoms. The summed E-state index contributed by atoms with van der Waals surface area (Å²) in [5.41, 5.74) is 1.92. The van der Waals surface area contributed by atoms with Crippen LogP contribution in [-0.2, 0) is 11.2 Å². The second-order valence-corrected chi connectivity index (χ2v) is 7.87. The highest BCUT2D eigenvalue weighted by atomic mass is 35.5. The Hall–Kier alpha value is -1.59. The molecule has 1 N–H and O–H groups in total. The summed E-state index contributed by atoms with van der Waals surface area (Å²) in [5.74, 6) is 0.0157. The maximum atomic E-state index is 12.9. The molecule has 0 saturated carbocycles. The number of benzene rings is 2. The van der Waals surface area contributed by atoms with Gasteiger partial charge >= 0.3 is 0 Å². The maximum absolute atomic E-state index is 12.9. The van der Waals surface area contributed by atoms with Crippen LogP contribution in [0.5, 0.6) is 0 Å². The highest BCUT2D eigenvalue weighted by Crippen LogP contribution is 2.26. The van der Waals surface area contributed by atoms with Gasteiger partial charge in [-0.2, -0.15) is 0 Å². The van der Waals surface area contributed by atoms with Crippen molar-refractivity contribution in [3.8, 4) is 0 Å². The summed E-state index contributed by atoms with van der Waals surface area (Å²) in [6.07, 6.45) is 0.764. The Kier molecular flexibility index (Phi) is 6.77. The average Bonchev–Trinajstić information content (AvgIpc) is 3.08. The molecule has 6 heteroatoms. The molecule has 0 bridgehead atoms. The van der Waals surface area contributed by atoms with E-state index < -0.39 is 0 Å². The van der Waals surface area contributed by atoms with Crippen LogP contribution in [-0.4, -0.2) is 53.6 Å². The molecule has 144 valence electrons. The second kappa shape index (κ2) is 9.07. The fourth-order valence-electron chi connectivity index (χ4n) is 3.47. The molecular weight excluding hydrogens is 383 g/mol. The lowest BCUT2D eigenvalue weighted by Crippen LogP contribution is -2.39. The Morgan fingerprint density at radius 1 is 1.22 bits per heavy atom. The zero-order chi connectivity index (χ0) is 19.4. The van der Waals surface area contributed by atoms with E-state index in [9.17, 15) is 9.90 Å². The van der Waals surface area contributed by atoms with Gasteiger partial charge in [0.05, 0.1) is 28.6 Å². The lowest BCUT2D eigenvalue weighted by atomic mass is 10.0. The molecule has 0 aliphatic carbocycles. The van der Waals surface area contributed by atoms with Gasteiger partial charge in [0.1, 0.15) is 0 Å². The van der Waals surface area contributed by atoms with Crippen molar-refractivity contribution in [2.45, 2.75) is 25.0 Å².